The zero-order valence-electron chi connectivity index (χ0n) is 12.5. The minimum absolute atomic E-state index is 0.0229. The van der Waals surface area contributed by atoms with Gasteiger partial charge in [-0.25, -0.2) is 4.79 Å². The Kier molecular flexibility index (Phi) is 7.17. The van der Waals surface area contributed by atoms with Crippen molar-refractivity contribution in [3.05, 3.63) is 5.82 Å². The number of thioether (sulfide) groups is 1. The van der Waals surface area contributed by atoms with Crippen LogP contribution < -0.4 is 16.4 Å². The van der Waals surface area contributed by atoms with Gasteiger partial charge in [-0.3, -0.25) is 10.1 Å². The number of hydrogen-bond acceptors (Lipinski definition) is 6. The second kappa shape index (κ2) is 8.63. The molecule has 0 saturated carbocycles. The van der Waals surface area contributed by atoms with Gasteiger partial charge in [0.25, 0.3) is 0 Å². The van der Waals surface area contributed by atoms with E-state index in [1.54, 1.807) is 0 Å². The summed E-state index contributed by atoms with van der Waals surface area (Å²) in [5.41, 5.74) is 5.60. The molecule has 0 aliphatic heterocycles. The minimum Gasteiger partial charge on any atom is -0.336 e. The van der Waals surface area contributed by atoms with Crippen LogP contribution in [0.4, 0.5) is 4.79 Å². The fourth-order valence-corrected chi connectivity index (χ4v) is 2.40. The summed E-state index contributed by atoms with van der Waals surface area (Å²) in [7, 11) is 0. The Hall–Kier alpha value is -1.61. The summed E-state index contributed by atoms with van der Waals surface area (Å²) in [4.78, 5) is 23.1. The van der Waals surface area contributed by atoms with Crippen molar-refractivity contribution >= 4 is 23.7 Å². The van der Waals surface area contributed by atoms with Crippen molar-refractivity contribution in [2.45, 2.75) is 51.5 Å². The molecule has 0 aliphatic rings. The molecule has 4 N–H and O–H groups in total. The van der Waals surface area contributed by atoms with Gasteiger partial charge in [0, 0.05) is 12.6 Å². The van der Waals surface area contributed by atoms with Gasteiger partial charge in [0.2, 0.25) is 5.91 Å². The van der Waals surface area contributed by atoms with E-state index >= 15 is 0 Å². The molecule has 0 unspecified atom stereocenters. The van der Waals surface area contributed by atoms with E-state index < -0.39 is 6.03 Å². The Morgan fingerprint density at radius 3 is 2.67 bits per heavy atom. The van der Waals surface area contributed by atoms with E-state index in [2.05, 4.69) is 20.8 Å². The number of rotatable bonds is 7. The number of amides is 3. The first kappa shape index (κ1) is 17.4. The first-order valence-corrected chi connectivity index (χ1v) is 7.81. The van der Waals surface area contributed by atoms with Crippen molar-refractivity contribution in [3.63, 3.8) is 0 Å². The fraction of sp³-hybridized carbons (Fsp3) is 0.667. The first-order valence-electron chi connectivity index (χ1n) is 6.83. The molecule has 0 bridgehead atoms. The van der Waals surface area contributed by atoms with Gasteiger partial charge < -0.3 is 15.6 Å². The molecule has 0 atom stereocenters. The standard InChI is InChI=1S/C12H22N6O2S/c1-4-5-18-9(6-13)16-17-12(18)21-7-10(19)15-11(20)14-8(2)3/h8H,4-7,13H2,1-3H3,(H2,14,15,19,20). The topological polar surface area (TPSA) is 115 Å². The predicted octanol–water partition coefficient (Wildman–Crippen LogP) is 0.473. The van der Waals surface area contributed by atoms with Crippen LogP contribution in [0.3, 0.4) is 0 Å². The lowest BCUT2D eigenvalue weighted by atomic mass is 10.4. The van der Waals surface area contributed by atoms with E-state index in [0.717, 1.165) is 13.0 Å². The Morgan fingerprint density at radius 1 is 1.38 bits per heavy atom. The third kappa shape index (κ3) is 5.72. The third-order valence-corrected chi connectivity index (χ3v) is 3.40. The summed E-state index contributed by atoms with van der Waals surface area (Å²) < 4.78 is 1.89. The fourth-order valence-electron chi connectivity index (χ4n) is 1.62. The largest absolute Gasteiger partial charge is 0.336 e. The van der Waals surface area contributed by atoms with Gasteiger partial charge in [-0.15, -0.1) is 10.2 Å². The van der Waals surface area contributed by atoms with Crippen LogP contribution in [-0.4, -0.2) is 38.5 Å². The van der Waals surface area contributed by atoms with Crippen LogP contribution in [0.5, 0.6) is 0 Å². The highest BCUT2D eigenvalue weighted by Crippen LogP contribution is 2.17. The number of imide groups is 1. The number of urea groups is 1. The number of nitrogens with two attached hydrogens (primary N) is 1. The number of nitrogens with one attached hydrogen (secondary N) is 2. The third-order valence-electron chi connectivity index (χ3n) is 2.43. The molecular weight excluding hydrogens is 292 g/mol. The number of carbonyl (C=O) groups is 2. The van der Waals surface area contributed by atoms with Crippen LogP contribution in [0.25, 0.3) is 0 Å². The second-order valence-electron chi connectivity index (χ2n) is 4.72. The van der Waals surface area contributed by atoms with Crippen LogP contribution >= 0.6 is 11.8 Å². The maximum Gasteiger partial charge on any atom is 0.321 e. The minimum atomic E-state index is -0.492. The van der Waals surface area contributed by atoms with Crippen molar-refractivity contribution in [1.82, 2.24) is 25.4 Å². The molecule has 0 saturated heterocycles. The zero-order chi connectivity index (χ0) is 15.8. The van der Waals surface area contributed by atoms with E-state index in [0.29, 0.717) is 17.5 Å². The average molecular weight is 314 g/mol. The van der Waals surface area contributed by atoms with Crippen LogP contribution in [0, 0.1) is 0 Å². The van der Waals surface area contributed by atoms with Gasteiger partial charge in [-0.1, -0.05) is 18.7 Å². The Bertz CT molecular complexity index is 488. The van der Waals surface area contributed by atoms with Gasteiger partial charge in [-0.05, 0) is 20.3 Å². The van der Waals surface area contributed by atoms with Gasteiger partial charge >= 0.3 is 6.03 Å². The monoisotopic (exact) mass is 314 g/mol. The Morgan fingerprint density at radius 2 is 2.10 bits per heavy atom. The van der Waals surface area contributed by atoms with Crippen LogP contribution in [0.15, 0.2) is 5.16 Å². The Balaban J connectivity index is 2.53. The molecule has 0 fully saturated rings. The lowest BCUT2D eigenvalue weighted by molar-refractivity contribution is -0.117. The van der Waals surface area contributed by atoms with E-state index in [4.69, 9.17) is 5.73 Å². The van der Waals surface area contributed by atoms with Crippen molar-refractivity contribution in [2.24, 2.45) is 5.73 Å². The molecule has 1 heterocycles. The number of nitrogens with zero attached hydrogens (tertiary/aromatic N) is 3. The molecule has 1 aromatic heterocycles. The van der Waals surface area contributed by atoms with E-state index in [1.165, 1.54) is 11.8 Å². The number of carbonyl (C=O) groups excluding carboxylic acids is 2. The van der Waals surface area contributed by atoms with Crippen LogP contribution in [0.1, 0.15) is 33.0 Å². The van der Waals surface area contributed by atoms with Crippen molar-refractivity contribution in [3.8, 4) is 0 Å². The maximum absolute atomic E-state index is 11.7. The summed E-state index contributed by atoms with van der Waals surface area (Å²) in [5, 5.41) is 13.5. The van der Waals surface area contributed by atoms with Gasteiger partial charge in [0.15, 0.2) is 5.16 Å². The molecule has 21 heavy (non-hydrogen) atoms. The summed E-state index contributed by atoms with van der Waals surface area (Å²) in [5.74, 6) is 0.411. The normalized spacial score (nSPS) is 10.7. The van der Waals surface area contributed by atoms with Gasteiger partial charge in [0.05, 0.1) is 12.3 Å². The quantitative estimate of drug-likeness (QED) is 0.630. The van der Waals surface area contributed by atoms with Crippen LogP contribution in [-0.2, 0) is 17.9 Å². The highest BCUT2D eigenvalue weighted by molar-refractivity contribution is 7.99. The average Bonchev–Trinajstić information content (AvgIpc) is 2.78. The summed E-state index contributed by atoms with van der Waals surface area (Å²) in [6.07, 6.45) is 0.918. The van der Waals surface area contributed by atoms with E-state index in [9.17, 15) is 9.59 Å². The summed E-state index contributed by atoms with van der Waals surface area (Å²) in [6, 6.07) is -0.515. The van der Waals surface area contributed by atoms with E-state index in [-0.39, 0.29) is 17.7 Å². The second-order valence-corrected chi connectivity index (χ2v) is 5.66. The van der Waals surface area contributed by atoms with Crippen LogP contribution in [0.2, 0.25) is 0 Å². The Labute approximate surface area is 128 Å². The van der Waals surface area contributed by atoms with Gasteiger partial charge in [-0.2, -0.15) is 0 Å². The highest BCUT2D eigenvalue weighted by atomic mass is 32.2. The van der Waals surface area contributed by atoms with Crippen molar-refractivity contribution < 1.29 is 9.59 Å². The molecule has 9 heteroatoms. The predicted molar refractivity (Wildman–Crippen MR) is 80.7 cm³/mol. The molecule has 0 aliphatic carbocycles. The molecule has 0 radical (unpaired) electrons. The van der Waals surface area contributed by atoms with Crippen molar-refractivity contribution in [2.75, 3.05) is 5.75 Å². The molecule has 0 aromatic carbocycles. The lowest BCUT2D eigenvalue weighted by Crippen LogP contribution is -2.43. The zero-order valence-corrected chi connectivity index (χ0v) is 13.4. The molecule has 1 rings (SSSR count). The smallest absolute Gasteiger partial charge is 0.321 e. The maximum atomic E-state index is 11.7. The van der Waals surface area contributed by atoms with Crippen molar-refractivity contribution in [1.29, 1.82) is 0 Å². The molecule has 8 nitrogen and oxygen atoms in total. The molecule has 1 aromatic rings. The molecular formula is C12H22N6O2S. The van der Waals surface area contributed by atoms with E-state index in [1.807, 2.05) is 25.3 Å². The number of aromatic nitrogens is 3. The lowest BCUT2D eigenvalue weighted by Gasteiger charge is -2.09. The first-order chi connectivity index (χ1) is 9.97. The highest BCUT2D eigenvalue weighted by Gasteiger charge is 2.14. The summed E-state index contributed by atoms with van der Waals surface area (Å²) in [6.45, 7) is 6.73. The SMILES string of the molecule is CCCn1c(CN)nnc1SCC(=O)NC(=O)NC(C)C. The molecule has 118 valence electrons. The molecule has 0 spiro atoms. The van der Waals surface area contributed by atoms with Gasteiger partial charge in [0.1, 0.15) is 5.82 Å². The molecule has 3 amide bonds. The number of hydrogen-bond donors (Lipinski definition) is 3. The summed E-state index contributed by atoms with van der Waals surface area (Å²) >= 11 is 1.23.